The number of ether oxygens (including phenoxy) is 1. The molecule has 0 aromatic heterocycles. The molecule has 178 valence electrons. The maximum Gasteiger partial charge on any atom is 0.328 e. The molecule has 0 aliphatic carbocycles. The van der Waals surface area contributed by atoms with Crippen molar-refractivity contribution in [3.05, 3.63) is 71.8 Å². The molecule has 3 atom stereocenters. The molecule has 0 aliphatic rings. The second-order valence-corrected chi connectivity index (χ2v) is 7.11. The first-order valence-electron chi connectivity index (χ1n) is 10.1. The van der Waals surface area contributed by atoms with Crippen LogP contribution in [0.25, 0.3) is 0 Å². The molecule has 10 heteroatoms. The fraction of sp³-hybridized carbons (Fsp3) is 0.304. The zero-order valence-electron chi connectivity index (χ0n) is 18.2. The van der Waals surface area contributed by atoms with Gasteiger partial charge in [0.05, 0.1) is 19.6 Å². The minimum atomic E-state index is -1.22. The lowest BCUT2D eigenvalue weighted by molar-refractivity contribution is -0.145. The summed E-state index contributed by atoms with van der Waals surface area (Å²) >= 11 is 0. The van der Waals surface area contributed by atoms with Crippen molar-refractivity contribution in [2.24, 2.45) is 11.5 Å². The summed E-state index contributed by atoms with van der Waals surface area (Å²) in [6.45, 7) is 0. The Bertz CT molecular complexity index is 907. The van der Waals surface area contributed by atoms with Gasteiger partial charge in [-0.05, 0) is 17.5 Å². The first-order valence-corrected chi connectivity index (χ1v) is 10.1. The molecule has 0 saturated heterocycles. The summed E-state index contributed by atoms with van der Waals surface area (Å²) in [4.78, 5) is 44.4. The predicted molar refractivity (Wildman–Crippen MR) is 120 cm³/mol. The molecule has 10 nitrogen and oxygen atoms in total. The fourth-order valence-corrected chi connectivity index (χ4v) is 2.70. The Balaban J connectivity index is 0.000000383. The smallest absolute Gasteiger partial charge is 0.328 e. The molecule has 0 radical (unpaired) electrons. The van der Waals surface area contributed by atoms with Crippen LogP contribution in [0.2, 0.25) is 0 Å². The van der Waals surface area contributed by atoms with Gasteiger partial charge in [-0.1, -0.05) is 60.7 Å². The first-order chi connectivity index (χ1) is 15.6. The van der Waals surface area contributed by atoms with E-state index < -0.39 is 48.4 Å². The Morgan fingerprint density at radius 3 is 1.76 bits per heavy atom. The van der Waals surface area contributed by atoms with E-state index in [9.17, 15) is 19.2 Å². The number of aliphatic carboxylic acids is 2. The number of carboxylic acid groups (broad SMARTS) is 2. The van der Waals surface area contributed by atoms with E-state index in [2.05, 4.69) is 10.1 Å². The number of rotatable bonds is 10. The van der Waals surface area contributed by atoms with Gasteiger partial charge in [0, 0.05) is 6.42 Å². The largest absolute Gasteiger partial charge is 0.481 e. The summed E-state index contributed by atoms with van der Waals surface area (Å²) in [7, 11) is 1.21. The van der Waals surface area contributed by atoms with E-state index >= 15 is 0 Å². The Kier molecular flexibility index (Phi) is 11.8. The molecular weight excluding hydrogens is 430 g/mol. The van der Waals surface area contributed by atoms with Crippen molar-refractivity contribution < 1.29 is 34.1 Å². The van der Waals surface area contributed by atoms with Gasteiger partial charge in [0.2, 0.25) is 5.91 Å². The van der Waals surface area contributed by atoms with E-state index in [0.29, 0.717) is 6.42 Å². The summed E-state index contributed by atoms with van der Waals surface area (Å²) in [6, 6.07) is 15.5. The molecule has 33 heavy (non-hydrogen) atoms. The molecule has 0 saturated carbocycles. The molecule has 3 unspecified atom stereocenters. The average Bonchev–Trinajstić information content (AvgIpc) is 2.79. The molecule has 2 aromatic carbocycles. The van der Waals surface area contributed by atoms with Crippen molar-refractivity contribution in [1.29, 1.82) is 0 Å². The Hall–Kier alpha value is -3.76. The summed E-state index contributed by atoms with van der Waals surface area (Å²) in [5.41, 5.74) is 12.6. The van der Waals surface area contributed by atoms with E-state index in [4.69, 9.17) is 21.7 Å². The van der Waals surface area contributed by atoms with Crippen LogP contribution in [-0.4, -0.2) is 59.3 Å². The molecule has 0 fully saturated rings. The highest BCUT2D eigenvalue weighted by Gasteiger charge is 2.25. The minimum Gasteiger partial charge on any atom is -0.481 e. The van der Waals surface area contributed by atoms with Crippen LogP contribution in [0.3, 0.4) is 0 Å². The molecule has 7 N–H and O–H groups in total. The number of nitrogens with one attached hydrogen (secondary N) is 1. The second-order valence-electron chi connectivity index (χ2n) is 7.11. The highest BCUT2D eigenvalue weighted by atomic mass is 16.5. The summed E-state index contributed by atoms with van der Waals surface area (Å²) < 4.78 is 4.64. The van der Waals surface area contributed by atoms with Gasteiger partial charge in [-0.2, -0.15) is 0 Å². The number of hydrogen-bond acceptors (Lipinski definition) is 7. The van der Waals surface area contributed by atoms with Gasteiger partial charge >= 0.3 is 17.9 Å². The fourth-order valence-electron chi connectivity index (χ4n) is 2.70. The van der Waals surface area contributed by atoms with Crippen molar-refractivity contribution >= 4 is 23.8 Å². The topological polar surface area (TPSA) is 182 Å². The maximum absolute atomic E-state index is 11.8. The summed E-state index contributed by atoms with van der Waals surface area (Å²) in [5, 5.41) is 19.5. The number of nitrogens with two attached hydrogens (primary N) is 2. The standard InChI is InChI=1S/C14H18N2O5.C9H11NO2/c1-21-14(20)11(7-9-5-3-2-4-6-9)16-13(19)10(15)8-12(17)18;10-8(9(11)12)6-7-4-2-1-3-5-7/h2-6,10-11H,7-8,15H2,1H3,(H,16,19)(H,17,18);1-5,8H,6,10H2,(H,11,12). The Labute approximate surface area is 191 Å². The van der Waals surface area contributed by atoms with Gasteiger partial charge < -0.3 is 31.7 Å². The lowest BCUT2D eigenvalue weighted by Gasteiger charge is -2.18. The number of amides is 1. The zero-order chi connectivity index (χ0) is 24.8. The number of esters is 1. The monoisotopic (exact) mass is 459 g/mol. The number of carboxylic acids is 2. The third-order valence-corrected chi connectivity index (χ3v) is 4.43. The third kappa shape index (κ3) is 10.9. The molecule has 0 heterocycles. The van der Waals surface area contributed by atoms with E-state index in [1.54, 1.807) is 12.1 Å². The highest BCUT2D eigenvalue weighted by molar-refractivity contribution is 5.89. The van der Waals surface area contributed by atoms with E-state index in [1.165, 1.54) is 7.11 Å². The van der Waals surface area contributed by atoms with Crippen LogP contribution in [0, 0.1) is 0 Å². The molecule has 1 amide bonds. The number of carbonyl (C=O) groups excluding carboxylic acids is 2. The Morgan fingerprint density at radius 1 is 0.848 bits per heavy atom. The van der Waals surface area contributed by atoms with Crippen molar-refractivity contribution in [2.45, 2.75) is 37.4 Å². The maximum atomic E-state index is 11.8. The van der Waals surface area contributed by atoms with Gasteiger partial charge in [0.1, 0.15) is 12.1 Å². The van der Waals surface area contributed by atoms with E-state index in [1.807, 2.05) is 48.5 Å². The Morgan fingerprint density at radius 2 is 1.33 bits per heavy atom. The van der Waals surface area contributed by atoms with Crippen LogP contribution < -0.4 is 16.8 Å². The zero-order valence-corrected chi connectivity index (χ0v) is 18.2. The number of carbonyl (C=O) groups is 4. The van der Waals surface area contributed by atoms with Crippen molar-refractivity contribution in [2.75, 3.05) is 7.11 Å². The quantitative estimate of drug-likeness (QED) is 0.313. The molecule has 0 aliphatic heterocycles. The van der Waals surface area contributed by atoms with Gasteiger partial charge in [-0.25, -0.2) is 4.79 Å². The molecule has 2 rings (SSSR count). The molecule has 0 bridgehead atoms. The SMILES string of the molecule is COC(=O)C(Cc1ccccc1)NC(=O)C(N)CC(=O)O.NC(Cc1ccccc1)C(=O)O. The van der Waals surface area contributed by atoms with Gasteiger partial charge in [0.25, 0.3) is 0 Å². The average molecular weight is 459 g/mol. The second kappa shape index (κ2) is 14.3. The third-order valence-electron chi connectivity index (χ3n) is 4.43. The van der Waals surface area contributed by atoms with E-state index in [-0.39, 0.29) is 6.42 Å². The predicted octanol–water partition coefficient (Wildman–Crippen LogP) is 0.330. The molecule has 2 aromatic rings. The van der Waals surface area contributed by atoms with Crippen molar-refractivity contribution in [1.82, 2.24) is 5.32 Å². The van der Waals surface area contributed by atoms with Crippen LogP contribution >= 0.6 is 0 Å². The normalized spacial score (nSPS) is 12.8. The van der Waals surface area contributed by atoms with Crippen LogP contribution in [-0.2, 0) is 36.8 Å². The number of methoxy groups -OCH3 is 1. The van der Waals surface area contributed by atoms with Gasteiger partial charge in [-0.3, -0.25) is 14.4 Å². The van der Waals surface area contributed by atoms with Crippen molar-refractivity contribution in [3.63, 3.8) is 0 Å². The summed E-state index contributed by atoms with van der Waals surface area (Å²) in [5.74, 6) is -3.47. The van der Waals surface area contributed by atoms with Crippen LogP contribution in [0.5, 0.6) is 0 Å². The van der Waals surface area contributed by atoms with Crippen LogP contribution in [0.4, 0.5) is 0 Å². The van der Waals surface area contributed by atoms with Gasteiger partial charge in [-0.15, -0.1) is 0 Å². The highest BCUT2D eigenvalue weighted by Crippen LogP contribution is 2.05. The summed E-state index contributed by atoms with van der Waals surface area (Å²) in [6.07, 6.45) is 0.111. The number of hydrogen-bond donors (Lipinski definition) is 5. The lowest BCUT2D eigenvalue weighted by Crippen LogP contribution is -2.50. The molecular formula is C23H29N3O7. The first kappa shape index (κ1) is 27.3. The lowest BCUT2D eigenvalue weighted by atomic mass is 10.1. The van der Waals surface area contributed by atoms with Crippen LogP contribution in [0.1, 0.15) is 17.5 Å². The number of benzene rings is 2. The van der Waals surface area contributed by atoms with Crippen molar-refractivity contribution in [3.8, 4) is 0 Å². The van der Waals surface area contributed by atoms with Crippen LogP contribution in [0.15, 0.2) is 60.7 Å². The van der Waals surface area contributed by atoms with Gasteiger partial charge in [0.15, 0.2) is 0 Å². The molecule has 0 spiro atoms. The minimum absolute atomic E-state index is 0.235. The van der Waals surface area contributed by atoms with E-state index in [0.717, 1.165) is 11.1 Å².